The van der Waals surface area contributed by atoms with E-state index in [1.54, 1.807) is 0 Å². The van der Waals surface area contributed by atoms with Gasteiger partial charge in [-0.05, 0) is 59.2 Å². The first-order chi connectivity index (χ1) is 14.4. The van der Waals surface area contributed by atoms with Crippen molar-refractivity contribution in [3.8, 4) is 16.9 Å². The third kappa shape index (κ3) is 3.04. The Balaban J connectivity index is 1.82. The van der Waals surface area contributed by atoms with E-state index in [-0.39, 0.29) is 22.7 Å². The van der Waals surface area contributed by atoms with Crippen LogP contribution in [0.3, 0.4) is 0 Å². The molecule has 0 amide bonds. The van der Waals surface area contributed by atoms with Crippen molar-refractivity contribution in [3.05, 3.63) is 69.1 Å². The van der Waals surface area contributed by atoms with Crippen LogP contribution in [0.5, 0.6) is 5.75 Å². The summed E-state index contributed by atoms with van der Waals surface area (Å²) in [5.74, 6) is -1.43. The van der Waals surface area contributed by atoms with Gasteiger partial charge in [-0.25, -0.2) is 4.79 Å². The molecule has 0 bridgehead atoms. The van der Waals surface area contributed by atoms with E-state index in [9.17, 15) is 23.5 Å². The number of ether oxygens (including phenoxy) is 1. The van der Waals surface area contributed by atoms with Crippen LogP contribution in [0, 0.1) is 0 Å². The van der Waals surface area contributed by atoms with Gasteiger partial charge in [0.25, 0.3) is 5.56 Å². The zero-order valence-electron chi connectivity index (χ0n) is 15.8. The van der Waals surface area contributed by atoms with E-state index in [1.165, 1.54) is 18.3 Å². The summed E-state index contributed by atoms with van der Waals surface area (Å²) in [5.41, 5.74) is 2.98. The molecule has 1 fully saturated rings. The van der Waals surface area contributed by atoms with E-state index in [0.717, 1.165) is 34.9 Å². The van der Waals surface area contributed by atoms with Crippen molar-refractivity contribution in [2.75, 3.05) is 0 Å². The lowest BCUT2D eigenvalue weighted by molar-refractivity contribution is -0.0487. The molecule has 1 aliphatic heterocycles. The monoisotopic (exact) mass is 412 g/mol. The SMILES string of the molecule is O=C(O)c1cc(C2CC2)c2c(OC(F)F)c(-c3ccc4c(c3)CNC4)ccn2c1=O. The summed E-state index contributed by atoms with van der Waals surface area (Å²) in [4.78, 5) is 24.3. The fourth-order valence-corrected chi connectivity index (χ4v) is 4.15. The Kier molecular flexibility index (Phi) is 4.32. The maximum Gasteiger partial charge on any atom is 0.387 e. The van der Waals surface area contributed by atoms with E-state index >= 15 is 0 Å². The first-order valence-corrected chi connectivity index (χ1v) is 9.67. The number of carboxylic acids is 1. The molecule has 2 aliphatic rings. The summed E-state index contributed by atoms with van der Waals surface area (Å²) < 4.78 is 32.9. The molecular formula is C22H18F2N2O4. The fraction of sp³-hybridized carbons (Fsp3) is 0.273. The van der Waals surface area contributed by atoms with Crippen LogP contribution in [-0.4, -0.2) is 22.1 Å². The molecule has 0 spiro atoms. The van der Waals surface area contributed by atoms with Crippen molar-refractivity contribution < 1.29 is 23.4 Å². The number of benzene rings is 1. The third-order valence-corrected chi connectivity index (χ3v) is 5.72. The lowest BCUT2D eigenvalue weighted by Crippen LogP contribution is -2.23. The number of carboxylic acid groups (broad SMARTS) is 1. The molecule has 6 nitrogen and oxygen atoms in total. The average Bonchev–Trinajstić information content (AvgIpc) is 3.44. The van der Waals surface area contributed by atoms with Gasteiger partial charge < -0.3 is 15.2 Å². The summed E-state index contributed by atoms with van der Waals surface area (Å²) in [6, 6.07) is 8.56. The van der Waals surface area contributed by atoms with Gasteiger partial charge in [0.15, 0.2) is 5.75 Å². The highest BCUT2D eigenvalue weighted by atomic mass is 19.3. The number of rotatable bonds is 5. The van der Waals surface area contributed by atoms with Gasteiger partial charge in [0.2, 0.25) is 0 Å². The molecule has 3 heterocycles. The van der Waals surface area contributed by atoms with Crippen LogP contribution < -0.4 is 15.6 Å². The number of aromatic nitrogens is 1. The molecule has 3 aromatic rings. The average molecular weight is 412 g/mol. The van der Waals surface area contributed by atoms with Crippen molar-refractivity contribution in [2.24, 2.45) is 0 Å². The number of halogens is 2. The molecule has 30 heavy (non-hydrogen) atoms. The van der Waals surface area contributed by atoms with Gasteiger partial charge in [-0.2, -0.15) is 8.78 Å². The first kappa shape index (κ1) is 18.7. The van der Waals surface area contributed by atoms with Gasteiger partial charge in [0.05, 0.1) is 5.52 Å². The van der Waals surface area contributed by atoms with Crippen molar-refractivity contribution in [2.45, 2.75) is 38.5 Å². The number of aromatic carboxylic acids is 1. The summed E-state index contributed by atoms with van der Waals surface area (Å²) in [6.07, 6.45) is 3.04. The number of fused-ring (bicyclic) bond motifs is 2. The Hall–Kier alpha value is -3.26. The minimum Gasteiger partial charge on any atom is -0.477 e. The number of hydrogen-bond acceptors (Lipinski definition) is 4. The topological polar surface area (TPSA) is 80.0 Å². The predicted molar refractivity (Wildman–Crippen MR) is 105 cm³/mol. The molecule has 1 aromatic carbocycles. The number of nitrogens with zero attached hydrogens (tertiary/aromatic N) is 1. The van der Waals surface area contributed by atoms with Crippen LogP contribution in [0.25, 0.3) is 16.6 Å². The summed E-state index contributed by atoms with van der Waals surface area (Å²) in [5, 5.41) is 12.7. The van der Waals surface area contributed by atoms with E-state index in [0.29, 0.717) is 23.2 Å². The van der Waals surface area contributed by atoms with Crippen LogP contribution in [0.15, 0.2) is 41.3 Å². The van der Waals surface area contributed by atoms with Gasteiger partial charge in [-0.3, -0.25) is 9.20 Å². The van der Waals surface area contributed by atoms with E-state index in [2.05, 4.69) is 5.32 Å². The second-order valence-corrected chi connectivity index (χ2v) is 7.64. The Bertz CT molecular complexity index is 1250. The van der Waals surface area contributed by atoms with E-state index < -0.39 is 18.1 Å². The fourth-order valence-electron chi connectivity index (χ4n) is 4.15. The lowest BCUT2D eigenvalue weighted by Gasteiger charge is -2.18. The molecule has 1 aliphatic carbocycles. The molecule has 0 unspecified atom stereocenters. The zero-order chi connectivity index (χ0) is 21.0. The smallest absolute Gasteiger partial charge is 0.387 e. The molecule has 2 N–H and O–H groups in total. The number of nitrogens with one attached hydrogen (secondary N) is 1. The van der Waals surface area contributed by atoms with Crippen molar-refractivity contribution in [1.29, 1.82) is 0 Å². The lowest BCUT2D eigenvalue weighted by atomic mass is 9.98. The summed E-state index contributed by atoms with van der Waals surface area (Å²) >= 11 is 0. The molecule has 0 saturated heterocycles. The third-order valence-electron chi connectivity index (χ3n) is 5.72. The normalized spacial score (nSPS) is 15.6. The van der Waals surface area contributed by atoms with Gasteiger partial charge in [-0.1, -0.05) is 12.1 Å². The highest BCUT2D eigenvalue weighted by Crippen LogP contribution is 2.46. The minimum atomic E-state index is -3.09. The van der Waals surface area contributed by atoms with Crippen LogP contribution in [0.4, 0.5) is 8.78 Å². The first-order valence-electron chi connectivity index (χ1n) is 9.67. The van der Waals surface area contributed by atoms with Gasteiger partial charge >= 0.3 is 12.6 Å². The molecule has 5 rings (SSSR count). The number of pyridine rings is 2. The Morgan fingerprint density at radius 3 is 2.63 bits per heavy atom. The Morgan fingerprint density at radius 2 is 1.93 bits per heavy atom. The van der Waals surface area contributed by atoms with Crippen LogP contribution >= 0.6 is 0 Å². The van der Waals surface area contributed by atoms with Gasteiger partial charge in [0.1, 0.15) is 5.56 Å². The van der Waals surface area contributed by atoms with E-state index in [1.807, 2.05) is 18.2 Å². The molecule has 1 saturated carbocycles. The molecule has 0 radical (unpaired) electrons. The molecule has 2 aromatic heterocycles. The zero-order valence-corrected chi connectivity index (χ0v) is 15.8. The molecule has 8 heteroatoms. The largest absolute Gasteiger partial charge is 0.477 e. The molecular weight excluding hydrogens is 394 g/mol. The highest BCUT2D eigenvalue weighted by molar-refractivity contribution is 5.90. The summed E-state index contributed by atoms with van der Waals surface area (Å²) in [7, 11) is 0. The number of carbonyl (C=O) groups is 1. The Morgan fingerprint density at radius 1 is 1.17 bits per heavy atom. The van der Waals surface area contributed by atoms with Crippen LogP contribution in [-0.2, 0) is 13.1 Å². The van der Waals surface area contributed by atoms with Crippen molar-refractivity contribution >= 4 is 11.5 Å². The van der Waals surface area contributed by atoms with Crippen LogP contribution in [0.2, 0.25) is 0 Å². The number of alkyl halides is 2. The standard InChI is InChI=1S/C22H18F2N2O4/c23-22(24)30-19-15(12-3-4-13-9-25-10-14(13)7-12)5-6-26-18(19)16(11-1-2-11)8-17(20(26)27)21(28)29/h3-8,11,22,25H,1-2,9-10H2,(H,28,29). The number of hydrogen-bond donors (Lipinski definition) is 2. The summed E-state index contributed by atoms with van der Waals surface area (Å²) in [6.45, 7) is -1.64. The molecule has 154 valence electrons. The molecule has 0 atom stereocenters. The van der Waals surface area contributed by atoms with Gasteiger partial charge in [0, 0.05) is 24.8 Å². The highest BCUT2D eigenvalue weighted by Gasteiger charge is 2.31. The van der Waals surface area contributed by atoms with Crippen molar-refractivity contribution in [3.63, 3.8) is 0 Å². The maximum absolute atomic E-state index is 13.4. The predicted octanol–water partition coefficient (Wildman–Crippen LogP) is 3.75. The quantitative estimate of drug-likeness (QED) is 0.667. The Labute approximate surface area is 169 Å². The van der Waals surface area contributed by atoms with Gasteiger partial charge in [-0.15, -0.1) is 0 Å². The van der Waals surface area contributed by atoms with Crippen LogP contribution in [0.1, 0.15) is 45.8 Å². The minimum absolute atomic E-state index is 0.0122. The van der Waals surface area contributed by atoms with Crippen molar-refractivity contribution in [1.82, 2.24) is 9.72 Å². The second-order valence-electron chi connectivity index (χ2n) is 7.64. The maximum atomic E-state index is 13.4. The van der Waals surface area contributed by atoms with E-state index in [4.69, 9.17) is 4.74 Å². The second kappa shape index (κ2) is 6.91.